The number of rotatable bonds is 3. The highest BCUT2D eigenvalue weighted by Gasteiger charge is 2.04. The average Bonchev–Trinajstić information content (AvgIpc) is 2.37. The molecule has 1 aromatic rings. The van der Waals surface area contributed by atoms with Crippen LogP contribution in [0.1, 0.15) is 26.1 Å². The van der Waals surface area contributed by atoms with Crippen LogP contribution in [0.15, 0.2) is 6.33 Å². The molecule has 3 heteroatoms. The van der Waals surface area contributed by atoms with Crippen molar-refractivity contribution in [3.8, 4) is 0 Å². The van der Waals surface area contributed by atoms with Crippen LogP contribution >= 0.6 is 0 Å². The molecule has 0 N–H and O–H groups in total. The summed E-state index contributed by atoms with van der Waals surface area (Å²) < 4.78 is 1.98. The molecule has 0 spiro atoms. The van der Waals surface area contributed by atoms with Crippen LogP contribution in [0.5, 0.6) is 0 Å². The second kappa shape index (κ2) is 3.51. The predicted molar refractivity (Wildman–Crippen MR) is 44.2 cm³/mol. The van der Waals surface area contributed by atoms with E-state index in [0.29, 0.717) is 5.92 Å². The Hall–Kier alpha value is -0.860. The fraction of sp³-hybridized carbons (Fsp3) is 0.750. The molecular formula is C8H15N3. The van der Waals surface area contributed by atoms with Gasteiger partial charge in [-0.15, -0.1) is 10.2 Å². The van der Waals surface area contributed by atoms with Gasteiger partial charge in [0.05, 0.1) is 0 Å². The van der Waals surface area contributed by atoms with E-state index in [2.05, 4.69) is 24.0 Å². The molecule has 0 unspecified atom stereocenters. The summed E-state index contributed by atoms with van der Waals surface area (Å²) >= 11 is 0. The molecule has 0 saturated carbocycles. The Labute approximate surface area is 67.4 Å². The van der Waals surface area contributed by atoms with E-state index in [1.807, 2.05) is 11.6 Å². The van der Waals surface area contributed by atoms with Gasteiger partial charge in [-0.2, -0.15) is 0 Å². The van der Waals surface area contributed by atoms with Crippen molar-refractivity contribution in [3.63, 3.8) is 0 Å². The van der Waals surface area contributed by atoms with Crippen molar-refractivity contribution in [1.82, 2.24) is 14.8 Å². The summed E-state index contributed by atoms with van der Waals surface area (Å²) in [6.07, 6.45) is 3.98. The van der Waals surface area contributed by atoms with Gasteiger partial charge in [-0.3, -0.25) is 0 Å². The maximum Gasteiger partial charge on any atom is 0.132 e. The lowest BCUT2D eigenvalue weighted by Gasteiger charge is -2.05. The largest absolute Gasteiger partial charge is 0.321 e. The standard InChI is InChI=1S/C8H15N3/c1-4-7(2)5-8-10-9-6-11(8)3/h6-7H,4-5H2,1-3H3/t7-/m0/s1. The molecular weight excluding hydrogens is 138 g/mol. The molecule has 0 aliphatic heterocycles. The van der Waals surface area contributed by atoms with Crippen molar-refractivity contribution in [3.05, 3.63) is 12.2 Å². The Morgan fingerprint density at radius 2 is 2.36 bits per heavy atom. The third kappa shape index (κ3) is 2.03. The van der Waals surface area contributed by atoms with Crippen molar-refractivity contribution < 1.29 is 0 Å². The van der Waals surface area contributed by atoms with E-state index >= 15 is 0 Å². The van der Waals surface area contributed by atoms with Crippen LogP contribution in [-0.2, 0) is 13.5 Å². The third-order valence-electron chi connectivity index (χ3n) is 2.03. The SMILES string of the molecule is CC[C@H](C)Cc1nncn1C. The quantitative estimate of drug-likeness (QED) is 0.657. The van der Waals surface area contributed by atoms with E-state index in [-0.39, 0.29) is 0 Å². The highest BCUT2D eigenvalue weighted by Crippen LogP contribution is 2.07. The van der Waals surface area contributed by atoms with Gasteiger partial charge >= 0.3 is 0 Å². The molecule has 0 saturated heterocycles. The molecule has 1 aromatic heterocycles. The predicted octanol–water partition coefficient (Wildman–Crippen LogP) is 1.40. The molecule has 3 nitrogen and oxygen atoms in total. The molecule has 1 atom stereocenters. The smallest absolute Gasteiger partial charge is 0.132 e. The Balaban J connectivity index is 2.56. The van der Waals surface area contributed by atoms with E-state index in [1.54, 1.807) is 6.33 Å². The Bertz CT molecular complexity index is 217. The maximum absolute atomic E-state index is 4.02. The van der Waals surface area contributed by atoms with Gasteiger partial charge in [-0.05, 0) is 5.92 Å². The van der Waals surface area contributed by atoms with Gasteiger partial charge in [0.15, 0.2) is 0 Å². The van der Waals surface area contributed by atoms with Gasteiger partial charge < -0.3 is 4.57 Å². The molecule has 62 valence electrons. The van der Waals surface area contributed by atoms with E-state index < -0.39 is 0 Å². The average molecular weight is 153 g/mol. The van der Waals surface area contributed by atoms with Crippen molar-refractivity contribution in [2.75, 3.05) is 0 Å². The first-order valence-electron chi connectivity index (χ1n) is 4.07. The lowest BCUT2D eigenvalue weighted by atomic mass is 10.1. The first kappa shape index (κ1) is 8.24. The van der Waals surface area contributed by atoms with Crippen LogP contribution in [0.4, 0.5) is 0 Å². The minimum absolute atomic E-state index is 0.706. The normalized spacial score (nSPS) is 13.4. The van der Waals surface area contributed by atoms with E-state index in [0.717, 1.165) is 12.2 Å². The summed E-state index contributed by atoms with van der Waals surface area (Å²) in [6.45, 7) is 4.43. The molecule has 0 aliphatic carbocycles. The second-order valence-corrected chi connectivity index (χ2v) is 3.08. The second-order valence-electron chi connectivity index (χ2n) is 3.08. The highest BCUT2D eigenvalue weighted by molar-refractivity contribution is 4.85. The van der Waals surface area contributed by atoms with Crippen molar-refractivity contribution in [2.45, 2.75) is 26.7 Å². The first-order valence-corrected chi connectivity index (χ1v) is 4.07. The van der Waals surface area contributed by atoms with E-state index in [4.69, 9.17) is 0 Å². The molecule has 0 amide bonds. The Morgan fingerprint density at radius 3 is 2.82 bits per heavy atom. The number of aryl methyl sites for hydroxylation is 1. The molecule has 0 aliphatic rings. The molecule has 0 aromatic carbocycles. The number of nitrogens with zero attached hydrogens (tertiary/aromatic N) is 3. The fourth-order valence-electron chi connectivity index (χ4n) is 0.948. The Morgan fingerprint density at radius 1 is 1.64 bits per heavy atom. The first-order chi connectivity index (χ1) is 5.24. The van der Waals surface area contributed by atoms with Crippen molar-refractivity contribution >= 4 is 0 Å². The number of hydrogen-bond donors (Lipinski definition) is 0. The van der Waals surface area contributed by atoms with Crippen molar-refractivity contribution in [1.29, 1.82) is 0 Å². The lowest BCUT2D eigenvalue weighted by molar-refractivity contribution is 0.532. The van der Waals surface area contributed by atoms with Gasteiger partial charge in [0.1, 0.15) is 12.2 Å². The summed E-state index contributed by atoms with van der Waals surface area (Å²) in [4.78, 5) is 0. The van der Waals surface area contributed by atoms with Crippen LogP contribution < -0.4 is 0 Å². The van der Waals surface area contributed by atoms with Gasteiger partial charge in [0.25, 0.3) is 0 Å². The van der Waals surface area contributed by atoms with Crippen molar-refractivity contribution in [2.24, 2.45) is 13.0 Å². The Kier molecular flexibility index (Phi) is 2.63. The van der Waals surface area contributed by atoms with E-state index in [1.165, 1.54) is 6.42 Å². The van der Waals surface area contributed by atoms with Crippen LogP contribution in [0.2, 0.25) is 0 Å². The van der Waals surface area contributed by atoms with Gasteiger partial charge in [-0.1, -0.05) is 20.3 Å². The summed E-state index contributed by atoms with van der Waals surface area (Å²) in [5.74, 6) is 1.79. The minimum atomic E-state index is 0.706. The maximum atomic E-state index is 4.02. The summed E-state index contributed by atoms with van der Waals surface area (Å²) in [7, 11) is 1.98. The third-order valence-corrected chi connectivity index (χ3v) is 2.03. The number of hydrogen-bond acceptors (Lipinski definition) is 2. The zero-order valence-electron chi connectivity index (χ0n) is 7.41. The lowest BCUT2D eigenvalue weighted by Crippen LogP contribution is -2.04. The molecule has 1 heterocycles. The number of aromatic nitrogens is 3. The summed E-state index contributed by atoms with van der Waals surface area (Å²) in [5, 5.41) is 7.84. The zero-order valence-corrected chi connectivity index (χ0v) is 7.41. The minimum Gasteiger partial charge on any atom is -0.321 e. The van der Waals surface area contributed by atoms with Crippen LogP contribution in [0, 0.1) is 5.92 Å². The highest BCUT2D eigenvalue weighted by atomic mass is 15.2. The van der Waals surface area contributed by atoms with Gasteiger partial charge in [0, 0.05) is 13.5 Å². The fourth-order valence-corrected chi connectivity index (χ4v) is 0.948. The summed E-state index contributed by atoms with van der Waals surface area (Å²) in [5.41, 5.74) is 0. The van der Waals surface area contributed by atoms with Crippen LogP contribution in [-0.4, -0.2) is 14.8 Å². The van der Waals surface area contributed by atoms with Gasteiger partial charge in [0.2, 0.25) is 0 Å². The van der Waals surface area contributed by atoms with E-state index in [9.17, 15) is 0 Å². The summed E-state index contributed by atoms with van der Waals surface area (Å²) in [6, 6.07) is 0. The van der Waals surface area contributed by atoms with Crippen LogP contribution in [0.25, 0.3) is 0 Å². The topological polar surface area (TPSA) is 30.7 Å². The zero-order chi connectivity index (χ0) is 8.27. The van der Waals surface area contributed by atoms with Crippen LogP contribution in [0.3, 0.4) is 0 Å². The molecule has 11 heavy (non-hydrogen) atoms. The molecule has 0 fully saturated rings. The van der Waals surface area contributed by atoms with Gasteiger partial charge in [-0.25, -0.2) is 0 Å². The molecule has 0 radical (unpaired) electrons. The molecule has 1 rings (SSSR count). The molecule has 0 bridgehead atoms. The monoisotopic (exact) mass is 153 g/mol.